The van der Waals surface area contributed by atoms with E-state index in [9.17, 15) is 0 Å². The van der Waals surface area contributed by atoms with Crippen LogP contribution < -0.4 is 10.5 Å². The minimum atomic E-state index is 0.0457. The summed E-state index contributed by atoms with van der Waals surface area (Å²) >= 11 is 0. The number of benzene rings is 1. The molecule has 3 aromatic rings. The number of nitrogens with two attached hydrogens (primary N) is 1. The first kappa shape index (κ1) is 13.6. The van der Waals surface area contributed by atoms with Gasteiger partial charge in [0.1, 0.15) is 11.4 Å². The number of imidazole rings is 1. The van der Waals surface area contributed by atoms with E-state index in [0.717, 1.165) is 22.7 Å². The van der Waals surface area contributed by atoms with Gasteiger partial charge in [-0.3, -0.25) is 0 Å². The quantitative estimate of drug-likeness (QED) is 0.798. The van der Waals surface area contributed by atoms with Crippen LogP contribution in [0.5, 0.6) is 11.6 Å². The largest absolute Gasteiger partial charge is 0.437 e. The minimum absolute atomic E-state index is 0.0457. The number of para-hydroxylation sites is 1. The van der Waals surface area contributed by atoms with Gasteiger partial charge < -0.3 is 14.9 Å². The molecule has 1 aromatic carbocycles. The molecule has 0 aliphatic rings. The van der Waals surface area contributed by atoms with E-state index in [4.69, 9.17) is 10.5 Å². The molecule has 0 aliphatic heterocycles. The molecule has 0 amide bonds. The van der Waals surface area contributed by atoms with Crippen LogP contribution in [0.15, 0.2) is 48.7 Å². The highest BCUT2D eigenvalue weighted by atomic mass is 16.5. The first-order valence-corrected chi connectivity index (χ1v) is 7.10. The van der Waals surface area contributed by atoms with E-state index in [1.165, 1.54) is 0 Å². The first-order valence-electron chi connectivity index (χ1n) is 7.10. The predicted molar refractivity (Wildman–Crippen MR) is 83.8 cm³/mol. The Labute approximate surface area is 124 Å². The van der Waals surface area contributed by atoms with Gasteiger partial charge >= 0.3 is 0 Å². The number of hydrogen-bond donors (Lipinski definition) is 1. The fourth-order valence-electron chi connectivity index (χ4n) is 2.37. The first-order chi connectivity index (χ1) is 10.1. The van der Waals surface area contributed by atoms with Crippen LogP contribution in [-0.4, -0.2) is 15.4 Å². The van der Waals surface area contributed by atoms with Crippen molar-refractivity contribution in [2.75, 3.05) is 0 Å². The topological polar surface area (TPSA) is 52.5 Å². The monoisotopic (exact) mass is 281 g/mol. The second kappa shape index (κ2) is 5.58. The average molecular weight is 281 g/mol. The molecule has 0 saturated heterocycles. The van der Waals surface area contributed by atoms with Crippen molar-refractivity contribution in [3.63, 3.8) is 0 Å². The summed E-state index contributed by atoms with van der Waals surface area (Å²) in [7, 11) is 0. The normalized spacial score (nSPS) is 12.5. The number of aryl methyl sites for hydroxylation is 1. The standard InChI is InChI=1S/C17H19N3O/c1-12-7-3-4-8-15(12)21-17-14(11-13(2)18)20-10-6-5-9-16(20)19-17/h3-10,13H,11,18H2,1-2H3. The van der Waals surface area contributed by atoms with Gasteiger partial charge in [0, 0.05) is 18.7 Å². The molecule has 108 valence electrons. The van der Waals surface area contributed by atoms with Crippen molar-refractivity contribution in [3.05, 3.63) is 59.9 Å². The van der Waals surface area contributed by atoms with Crippen molar-refractivity contribution in [2.45, 2.75) is 26.3 Å². The van der Waals surface area contributed by atoms with Crippen molar-refractivity contribution in [1.29, 1.82) is 0 Å². The fraction of sp³-hybridized carbons (Fsp3) is 0.235. The molecule has 0 radical (unpaired) electrons. The van der Waals surface area contributed by atoms with E-state index in [1.807, 2.05) is 66.9 Å². The van der Waals surface area contributed by atoms with Crippen molar-refractivity contribution in [1.82, 2.24) is 9.38 Å². The van der Waals surface area contributed by atoms with E-state index in [-0.39, 0.29) is 6.04 Å². The van der Waals surface area contributed by atoms with Gasteiger partial charge in [-0.05, 0) is 37.6 Å². The summed E-state index contributed by atoms with van der Waals surface area (Å²) in [6.07, 6.45) is 2.71. The van der Waals surface area contributed by atoms with Crippen LogP contribution >= 0.6 is 0 Å². The maximum atomic E-state index is 6.04. The number of nitrogens with zero attached hydrogens (tertiary/aromatic N) is 2. The molecule has 21 heavy (non-hydrogen) atoms. The summed E-state index contributed by atoms with van der Waals surface area (Å²) in [5.74, 6) is 1.46. The van der Waals surface area contributed by atoms with Gasteiger partial charge in [-0.25, -0.2) is 0 Å². The maximum absolute atomic E-state index is 6.04. The molecular formula is C17H19N3O. The Morgan fingerprint density at radius 2 is 1.95 bits per heavy atom. The van der Waals surface area contributed by atoms with Crippen LogP contribution in [0.4, 0.5) is 0 Å². The van der Waals surface area contributed by atoms with E-state index < -0.39 is 0 Å². The molecule has 4 heteroatoms. The Morgan fingerprint density at radius 1 is 1.19 bits per heavy atom. The average Bonchev–Trinajstić information content (AvgIpc) is 2.79. The van der Waals surface area contributed by atoms with Gasteiger partial charge in [0.25, 0.3) is 0 Å². The fourth-order valence-corrected chi connectivity index (χ4v) is 2.37. The lowest BCUT2D eigenvalue weighted by Gasteiger charge is -2.10. The number of aromatic nitrogens is 2. The lowest BCUT2D eigenvalue weighted by Crippen LogP contribution is -2.19. The van der Waals surface area contributed by atoms with Gasteiger partial charge in [-0.15, -0.1) is 0 Å². The third-order valence-electron chi connectivity index (χ3n) is 3.41. The molecule has 2 aromatic heterocycles. The molecule has 0 saturated carbocycles. The van der Waals surface area contributed by atoms with Gasteiger partial charge in [-0.1, -0.05) is 24.3 Å². The van der Waals surface area contributed by atoms with Crippen LogP contribution in [0.1, 0.15) is 18.2 Å². The van der Waals surface area contributed by atoms with Crippen LogP contribution in [0.2, 0.25) is 0 Å². The van der Waals surface area contributed by atoms with E-state index in [0.29, 0.717) is 12.3 Å². The third-order valence-corrected chi connectivity index (χ3v) is 3.41. The zero-order valence-corrected chi connectivity index (χ0v) is 12.3. The smallest absolute Gasteiger partial charge is 0.241 e. The number of fused-ring (bicyclic) bond motifs is 1. The van der Waals surface area contributed by atoms with E-state index in [1.54, 1.807) is 0 Å². The molecule has 3 rings (SSSR count). The lowest BCUT2D eigenvalue weighted by molar-refractivity contribution is 0.453. The lowest BCUT2D eigenvalue weighted by atomic mass is 10.2. The summed E-state index contributed by atoms with van der Waals surface area (Å²) in [5.41, 5.74) is 8.93. The van der Waals surface area contributed by atoms with Crippen molar-refractivity contribution in [2.24, 2.45) is 5.73 Å². The summed E-state index contributed by atoms with van der Waals surface area (Å²) < 4.78 is 8.08. The van der Waals surface area contributed by atoms with E-state index >= 15 is 0 Å². The molecule has 0 bridgehead atoms. The number of hydrogen-bond acceptors (Lipinski definition) is 3. The van der Waals surface area contributed by atoms with Crippen LogP contribution in [-0.2, 0) is 6.42 Å². The second-order valence-corrected chi connectivity index (χ2v) is 5.34. The zero-order valence-electron chi connectivity index (χ0n) is 12.3. The predicted octanol–water partition coefficient (Wildman–Crippen LogP) is 3.32. The SMILES string of the molecule is Cc1ccccc1Oc1nc2ccccn2c1CC(C)N. The number of rotatable bonds is 4. The van der Waals surface area contributed by atoms with Crippen LogP contribution in [0.25, 0.3) is 5.65 Å². The summed E-state index contributed by atoms with van der Waals surface area (Å²) in [5, 5.41) is 0. The highest BCUT2D eigenvalue weighted by Crippen LogP contribution is 2.28. The van der Waals surface area contributed by atoms with E-state index in [2.05, 4.69) is 4.98 Å². The minimum Gasteiger partial charge on any atom is -0.437 e. The highest BCUT2D eigenvalue weighted by Gasteiger charge is 2.16. The summed E-state index contributed by atoms with van der Waals surface area (Å²) in [6.45, 7) is 4.01. The Morgan fingerprint density at radius 3 is 2.71 bits per heavy atom. The highest BCUT2D eigenvalue weighted by molar-refractivity contribution is 5.47. The Bertz CT molecular complexity index is 762. The van der Waals surface area contributed by atoms with Crippen molar-refractivity contribution in [3.8, 4) is 11.6 Å². The number of pyridine rings is 1. The molecule has 1 unspecified atom stereocenters. The molecule has 1 atom stereocenters. The summed E-state index contributed by atoms with van der Waals surface area (Å²) in [4.78, 5) is 4.59. The van der Waals surface area contributed by atoms with Crippen LogP contribution in [0, 0.1) is 6.92 Å². The Balaban J connectivity index is 2.07. The molecule has 4 nitrogen and oxygen atoms in total. The maximum Gasteiger partial charge on any atom is 0.241 e. The molecule has 0 spiro atoms. The molecule has 0 aliphatic carbocycles. The Kier molecular flexibility index (Phi) is 3.62. The Hall–Kier alpha value is -2.33. The summed E-state index contributed by atoms with van der Waals surface area (Å²) in [6, 6.07) is 13.9. The molecule has 2 N–H and O–H groups in total. The van der Waals surface area contributed by atoms with Gasteiger partial charge in [-0.2, -0.15) is 4.98 Å². The third kappa shape index (κ3) is 2.76. The van der Waals surface area contributed by atoms with Gasteiger partial charge in [0.05, 0.1) is 5.69 Å². The molecule has 2 heterocycles. The van der Waals surface area contributed by atoms with Crippen molar-refractivity contribution >= 4 is 5.65 Å². The second-order valence-electron chi connectivity index (χ2n) is 5.34. The zero-order chi connectivity index (χ0) is 14.8. The molecular weight excluding hydrogens is 262 g/mol. The molecule has 0 fully saturated rings. The van der Waals surface area contributed by atoms with Gasteiger partial charge in [0.2, 0.25) is 5.88 Å². The van der Waals surface area contributed by atoms with Gasteiger partial charge in [0.15, 0.2) is 0 Å². The van der Waals surface area contributed by atoms with Crippen LogP contribution in [0.3, 0.4) is 0 Å². The van der Waals surface area contributed by atoms with Crippen molar-refractivity contribution < 1.29 is 4.74 Å². The number of ether oxygens (including phenoxy) is 1.